The molecule has 4 nitrogen and oxygen atoms in total. The number of pyridine rings is 1. The highest BCUT2D eigenvalue weighted by Gasteiger charge is 2.24. The van der Waals surface area contributed by atoms with Crippen LogP contribution in [0.2, 0.25) is 0 Å². The fourth-order valence-corrected chi connectivity index (χ4v) is 2.50. The van der Waals surface area contributed by atoms with E-state index in [9.17, 15) is 0 Å². The molecule has 0 bridgehead atoms. The predicted octanol–water partition coefficient (Wildman–Crippen LogP) is 2.25. The van der Waals surface area contributed by atoms with E-state index in [2.05, 4.69) is 34.3 Å². The van der Waals surface area contributed by atoms with Crippen molar-refractivity contribution in [2.75, 3.05) is 25.0 Å². The van der Waals surface area contributed by atoms with E-state index in [0.717, 1.165) is 31.9 Å². The summed E-state index contributed by atoms with van der Waals surface area (Å²) in [4.78, 5) is 6.81. The molecule has 0 aromatic carbocycles. The maximum absolute atomic E-state index is 9.02. The molecule has 1 saturated carbocycles. The maximum Gasteiger partial charge on any atom is 0.126 e. The Hall–Kier alpha value is -1.13. The van der Waals surface area contributed by atoms with Gasteiger partial charge in [-0.2, -0.15) is 0 Å². The highest BCUT2D eigenvalue weighted by molar-refractivity contribution is 5.37. The summed E-state index contributed by atoms with van der Waals surface area (Å²) in [6, 6.07) is 4.93. The van der Waals surface area contributed by atoms with Crippen LogP contribution in [0.15, 0.2) is 18.3 Å². The van der Waals surface area contributed by atoms with Crippen LogP contribution in [0.25, 0.3) is 0 Å². The topological polar surface area (TPSA) is 48.4 Å². The van der Waals surface area contributed by atoms with Crippen molar-refractivity contribution < 1.29 is 5.11 Å². The number of nitrogens with zero attached hydrogens (tertiary/aromatic N) is 2. The minimum absolute atomic E-state index is 0.280. The zero-order chi connectivity index (χ0) is 13.5. The molecule has 0 saturated heterocycles. The van der Waals surface area contributed by atoms with E-state index in [-0.39, 0.29) is 6.61 Å². The van der Waals surface area contributed by atoms with E-state index < -0.39 is 0 Å². The Bertz CT molecular complexity index is 379. The molecule has 1 aromatic rings. The third-order valence-electron chi connectivity index (χ3n) is 3.76. The minimum Gasteiger partial charge on any atom is -0.396 e. The van der Waals surface area contributed by atoms with Crippen molar-refractivity contribution in [3.8, 4) is 0 Å². The molecule has 1 aliphatic rings. The van der Waals surface area contributed by atoms with Crippen LogP contribution in [-0.4, -0.2) is 40.7 Å². The first kappa shape index (κ1) is 14.3. The highest BCUT2D eigenvalue weighted by atomic mass is 16.3. The van der Waals surface area contributed by atoms with Crippen molar-refractivity contribution in [3.05, 3.63) is 23.9 Å². The van der Waals surface area contributed by atoms with Gasteiger partial charge < -0.3 is 10.4 Å². The number of rotatable bonds is 8. The van der Waals surface area contributed by atoms with Gasteiger partial charge in [-0.25, -0.2) is 4.98 Å². The Morgan fingerprint density at radius 1 is 1.47 bits per heavy atom. The number of hydrogen-bond acceptors (Lipinski definition) is 4. The van der Waals surface area contributed by atoms with Crippen LogP contribution < -0.4 is 5.32 Å². The summed E-state index contributed by atoms with van der Waals surface area (Å²) in [5.74, 6) is 0.954. The molecule has 0 spiro atoms. The molecule has 0 amide bonds. The van der Waals surface area contributed by atoms with Crippen LogP contribution in [0, 0.1) is 0 Å². The Labute approximate surface area is 115 Å². The van der Waals surface area contributed by atoms with Gasteiger partial charge in [0.1, 0.15) is 5.82 Å². The van der Waals surface area contributed by atoms with E-state index in [1.807, 2.05) is 6.20 Å². The van der Waals surface area contributed by atoms with Gasteiger partial charge in [0.15, 0.2) is 0 Å². The molecule has 2 rings (SSSR count). The lowest BCUT2D eigenvalue weighted by Gasteiger charge is -2.37. The molecule has 1 aliphatic carbocycles. The average Bonchev–Trinajstić information content (AvgIpc) is 2.35. The largest absolute Gasteiger partial charge is 0.396 e. The molecule has 0 radical (unpaired) electrons. The summed E-state index contributed by atoms with van der Waals surface area (Å²) >= 11 is 0. The van der Waals surface area contributed by atoms with Crippen molar-refractivity contribution in [1.82, 2.24) is 9.88 Å². The maximum atomic E-state index is 9.02. The van der Waals surface area contributed by atoms with Crippen LogP contribution in [0.1, 0.15) is 38.2 Å². The summed E-state index contributed by atoms with van der Waals surface area (Å²) < 4.78 is 0. The number of aromatic nitrogens is 1. The second kappa shape index (κ2) is 7.46. The zero-order valence-corrected chi connectivity index (χ0v) is 11.8. The Balaban J connectivity index is 1.96. The van der Waals surface area contributed by atoms with Crippen LogP contribution in [0.3, 0.4) is 0 Å². The molecule has 4 heteroatoms. The number of hydrogen-bond donors (Lipinski definition) is 2. The minimum atomic E-state index is 0.280. The lowest BCUT2D eigenvalue weighted by Crippen LogP contribution is -2.40. The quantitative estimate of drug-likeness (QED) is 0.755. The van der Waals surface area contributed by atoms with Gasteiger partial charge in [0.05, 0.1) is 0 Å². The second-order valence-corrected chi connectivity index (χ2v) is 5.21. The highest BCUT2D eigenvalue weighted by Crippen LogP contribution is 2.26. The fourth-order valence-electron chi connectivity index (χ4n) is 2.50. The van der Waals surface area contributed by atoms with Gasteiger partial charge in [0.25, 0.3) is 0 Å². The molecule has 1 heterocycles. The molecule has 1 aromatic heterocycles. The van der Waals surface area contributed by atoms with Gasteiger partial charge in [-0.15, -0.1) is 0 Å². The third kappa shape index (κ3) is 4.18. The molecular formula is C15H25N3O. The SMILES string of the molecule is CCNc1cc(CN(CCCO)C2CCC2)ccn1. The van der Waals surface area contributed by atoms with Gasteiger partial charge in [-0.1, -0.05) is 6.42 Å². The van der Waals surface area contributed by atoms with Gasteiger partial charge in [-0.3, -0.25) is 4.90 Å². The average molecular weight is 263 g/mol. The van der Waals surface area contributed by atoms with Gasteiger partial charge in [0.2, 0.25) is 0 Å². The Kier molecular flexibility index (Phi) is 5.61. The monoisotopic (exact) mass is 263 g/mol. The van der Waals surface area contributed by atoms with E-state index >= 15 is 0 Å². The smallest absolute Gasteiger partial charge is 0.126 e. The van der Waals surface area contributed by atoms with Crippen molar-refractivity contribution >= 4 is 5.82 Å². The molecule has 106 valence electrons. The third-order valence-corrected chi connectivity index (χ3v) is 3.76. The second-order valence-electron chi connectivity index (χ2n) is 5.21. The predicted molar refractivity (Wildman–Crippen MR) is 78.2 cm³/mol. The first-order chi connectivity index (χ1) is 9.33. The van der Waals surface area contributed by atoms with Crippen LogP contribution in [0.4, 0.5) is 5.82 Å². The van der Waals surface area contributed by atoms with E-state index in [0.29, 0.717) is 6.04 Å². The lowest BCUT2D eigenvalue weighted by atomic mass is 9.91. The Morgan fingerprint density at radius 3 is 2.95 bits per heavy atom. The molecule has 19 heavy (non-hydrogen) atoms. The Morgan fingerprint density at radius 2 is 2.32 bits per heavy atom. The first-order valence-corrected chi connectivity index (χ1v) is 7.37. The molecule has 2 N–H and O–H groups in total. The van der Waals surface area contributed by atoms with Crippen molar-refractivity contribution in [2.45, 2.75) is 45.2 Å². The fraction of sp³-hybridized carbons (Fsp3) is 0.667. The standard InChI is InChI=1S/C15H25N3O/c1-2-16-15-11-13(7-8-17-15)12-18(9-4-10-19)14-5-3-6-14/h7-8,11,14,19H,2-6,9-10,12H2,1H3,(H,16,17). The normalized spacial score (nSPS) is 15.5. The van der Waals surface area contributed by atoms with Gasteiger partial charge in [0, 0.05) is 38.5 Å². The van der Waals surface area contributed by atoms with E-state index in [4.69, 9.17) is 5.11 Å². The van der Waals surface area contributed by atoms with Crippen molar-refractivity contribution in [3.63, 3.8) is 0 Å². The number of anilines is 1. The first-order valence-electron chi connectivity index (χ1n) is 7.37. The van der Waals surface area contributed by atoms with Crippen LogP contribution in [-0.2, 0) is 6.54 Å². The summed E-state index contributed by atoms with van der Waals surface area (Å²) in [5.41, 5.74) is 1.30. The molecule has 0 unspecified atom stereocenters. The van der Waals surface area contributed by atoms with Gasteiger partial charge in [-0.05, 0) is 43.9 Å². The van der Waals surface area contributed by atoms with Crippen molar-refractivity contribution in [2.24, 2.45) is 0 Å². The summed E-state index contributed by atoms with van der Waals surface area (Å²) in [7, 11) is 0. The lowest BCUT2D eigenvalue weighted by molar-refractivity contribution is 0.109. The van der Waals surface area contributed by atoms with E-state index in [1.54, 1.807) is 0 Å². The molecule has 1 fully saturated rings. The number of aliphatic hydroxyl groups excluding tert-OH is 1. The molecule has 0 atom stereocenters. The molecule has 0 aliphatic heterocycles. The van der Waals surface area contributed by atoms with Crippen LogP contribution >= 0.6 is 0 Å². The summed E-state index contributed by atoms with van der Waals surface area (Å²) in [6.45, 7) is 5.21. The van der Waals surface area contributed by atoms with Gasteiger partial charge >= 0.3 is 0 Å². The van der Waals surface area contributed by atoms with Crippen molar-refractivity contribution in [1.29, 1.82) is 0 Å². The molecular weight excluding hydrogens is 238 g/mol. The number of nitrogens with one attached hydrogen (secondary N) is 1. The van der Waals surface area contributed by atoms with Crippen LogP contribution in [0.5, 0.6) is 0 Å². The number of aliphatic hydroxyl groups is 1. The van der Waals surface area contributed by atoms with E-state index in [1.165, 1.54) is 24.8 Å². The zero-order valence-electron chi connectivity index (χ0n) is 11.8. The summed E-state index contributed by atoms with van der Waals surface area (Å²) in [6.07, 6.45) is 6.69. The summed E-state index contributed by atoms with van der Waals surface area (Å²) in [5, 5.41) is 12.3.